The molecule has 1 aromatic heterocycles. The lowest BCUT2D eigenvalue weighted by Gasteiger charge is -2.31. The van der Waals surface area contributed by atoms with Gasteiger partial charge in [0.05, 0.1) is 24.7 Å². The van der Waals surface area contributed by atoms with Crippen LogP contribution in [0.1, 0.15) is 19.8 Å². The highest BCUT2D eigenvalue weighted by atomic mass is 16.7. The predicted molar refractivity (Wildman–Crippen MR) is 122 cm³/mol. The van der Waals surface area contributed by atoms with Crippen LogP contribution < -0.4 is 14.5 Å². The van der Waals surface area contributed by atoms with E-state index >= 15 is 0 Å². The number of aromatic nitrogens is 2. The molecule has 0 atom stereocenters. The lowest BCUT2D eigenvalue weighted by Crippen LogP contribution is -2.38. The van der Waals surface area contributed by atoms with Gasteiger partial charge in [0, 0.05) is 50.8 Å². The molecule has 0 spiro atoms. The third-order valence-corrected chi connectivity index (χ3v) is 5.63. The molecule has 12 heteroatoms. The summed E-state index contributed by atoms with van der Waals surface area (Å²) in [7, 11) is 0. The summed E-state index contributed by atoms with van der Waals surface area (Å²) in [6.45, 7) is 5.61. The zero-order valence-electron chi connectivity index (χ0n) is 18.9. The summed E-state index contributed by atoms with van der Waals surface area (Å²) in [6.07, 6.45) is 1.24. The Balaban J connectivity index is 1.49. The number of ether oxygens (including phenoxy) is 4. The summed E-state index contributed by atoms with van der Waals surface area (Å²) in [5, 5.41) is 12.0. The van der Waals surface area contributed by atoms with Gasteiger partial charge in [-0.15, -0.1) is 0 Å². The number of carbonyl (C=O) groups excluding carboxylic acids is 1. The summed E-state index contributed by atoms with van der Waals surface area (Å²) >= 11 is 0. The monoisotopic (exact) mass is 473 g/mol. The largest absolute Gasteiger partial charge is 0.508 e. The topological polar surface area (TPSA) is 129 Å². The van der Waals surface area contributed by atoms with Gasteiger partial charge < -0.3 is 28.7 Å². The first-order chi connectivity index (χ1) is 16.5. The smallest absolute Gasteiger partial charge is 0.435 e. The Hall–Kier alpha value is -3.67. The average Bonchev–Trinajstić information content (AvgIpc) is 2.85. The van der Waals surface area contributed by atoms with E-state index in [1.165, 1.54) is 6.33 Å². The molecular weight excluding hydrogens is 446 g/mol. The Morgan fingerprint density at radius 1 is 1.18 bits per heavy atom. The molecule has 0 radical (unpaired) electrons. The molecule has 2 fully saturated rings. The zero-order chi connectivity index (χ0) is 23.9. The van der Waals surface area contributed by atoms with Crippen LogP contribution in [0.15, 0.2) is 30.6 Å². The molecule has 2 aliphatic rings. The number of piperidine rings is 1. The van der Waals surface area contributed by atoms with Crippen molar-refractivity contribution in [3.05, 3.63) is 40.7 Å². The summed E-state index contributed by atoms with van der Waals surface area (Å²) < 4.78 is 21.3. The van der Waals surface area contributed by atoms with Crippen molar-refractivity contribution in [2.75, 3.05) is 55.8 Å². The van der Waals surface area contributed by atoms with Crippen LogP contribution in [0, 0.1) is 10.1 Å². The minimum atomic E-state index is -0.705. The van der Waals surface area contributed by atoms with Crippen LogP contribution in [0.5, 0.6) is 11.6 Å². The Bertz CT molecular complexity index is 1010. The second kappa shape index (κ2) is 11.0. The highest BCUT2D eigenvalue weighted by Gasteiger charge is 2.32. The first kappa shape index (κ1) is 23.5. The van der Waals surface area contributed by atoms with E-state index in [0.717, 1.165) is 18.8 Å². The number of anilines is 2. The lowest BCUT2D eigenvalue weighted by molar-refractivity contribution is -0.385. The van der Waals surface area contributed by atoms with Gasteiger partial charge in [-0.05, 0) is 19.1 Å². The van der Waals surface area contributed by atoms with Crippen LogP contribution in [-0.2, 0) is 14.2 Å². The molecule has 3 heterocycles. The minimum absolute atomic E-state index is 0.126. The van der Waals surface area contributed by atoms with Gasteiger partial charge in [0.15, 0.2) is 0 Å². The van der Waals surface area contributed by atoms with Gasteiger partial charge in [-0.25, -0.2) is 9.78 Å². The molecular formula is C22H27N5O7. The van der Waals surface area contributed by atoms with Crippen molar-refractivity contribution < 1.29 is 28.7 Å². The van der Waals surface area contributed by atoms with Gasteiger partial charge in [0.1, 0.15) is 18.2 Å². The van der Waals surface area contributed by atoms with Crippen LogP contribution in [0.2, 0.25) is 0 Å². The standard InChI is InChI=1S/C22H27N5O7/c1-2-32-22(28)34-17-6-8-26(9-7-17)20-19(27(29)30)21(24-15-23-20)33-18-5-3-4-16(14-18)25-10-12-31-13-11-25/h3-5,14-15,17H,2,6-13H2,1H3. The van der Waals surface area contributed by atoms with Crippen molar-refractivity contribution in [1.82, 2.24) is 9.97 Å². The Morgan fingerprint density at radius 2 is 1.94 bits per heavy atom. The summed E-state index contributed by atoms with van der Waals surface area (Å²) in [5.41, 5.74) is 0.644. The third-order valence-electron chi connectivity index (χ3n) is 5.63. The Morgan fingerprint density at radius 3 is 2.65 bits per heavy atom. The van der Waals surface area contributed by atoms with E-state index < -0.39 is 11.1 Å². The Kier molecular flexibility index (Phi) is 7.58. The summed E-state index contributed by atoms with van der Waals surface area (Å²) in [5.74, 6) is 0.492. The van der Waals surface area contributed by atoms with Crippen LogP contribution in [0.25, 0.3) is 0 Å². The lowest BCUT2D eigenvalue weighted by atomic mass is 10.1. The SMILES string of the molecule is CCOC(=O)OC1CCN(c2ncnc(Oc3cccc(N4CCOCC4)c3)c2[N+](=O)[O-])CC1. The molecule has 4 rings (SSSR count). The molecule has 182 valence electrons. The molecule has 0 amide bonds. The molecule has 0 aliphatic carbocycles. The minimum Gasteiger partial charge on any atom is -0.435 e. The van der Waals surface area contributed by atoms with Crippen molar-refractivity contribution in [2.45, 2.75) is 25.9 Å². The van der Waals surface area contributed by atoms with E-state index in [0.29, 0.717) is 44.9 Å². The molecule has 12 nitrogen and oxygen atoms in total. The van der Waals surface area contributed by atoms with Crippen LogP contribution >= 0.6 is 0 Å². The highest BCUT2D eigenvalue weighted by Crippen LogP contribution is 2.37. The fraction of sp³-hybridized carbons (Fsp3) is 0.500. The van der Waals surface area contributed by atoms with Gasteiger partial charge >= 0.3 is 17.7 Å². The molecule has 34 heavy (non-hydrogen) atoms. The quantitative estimate of drug-likeness (QED) is 0.334. The van der Waals surface area contributed by atoms with E-state index in [1.807, 2.05) is 18.2 Å². The van der Waals surface area contributed by atoms with Gasteiger partial charge in [0.2, 0.25) is 5.82 Å². The molecule has 2 saturated heterocycles. The van der Waals surface area contributed by atoms with E-state index in [2.05, 4.69) is 14.9 Å². The maximum atomic E-state index is 12.0. The number of hydrogen-bond donors (Lipinski definition) is 0. The average molecular weight is 473 g/mol. The normalized spacial score (nSPS) is 16.7. The molecule has 2 aromatic rings. The van der Waals surface area contributed by atoms with Gasteiger partial charge in [0.25, 0.3) is 0 Å². The van der Waals surface area contributed by atoms with Crippen LogP contribution in [0.4, 0.5) is 22.0 Å². The van der Waals surface area contributed by atoms with E-state index in [-0.39, 0.29) is 30.1 Å². The molecule has 0 N–H and O–H groups in total. The molecule has 0 saturated carbocycles. The van der Waals surface area contributed by atoms with Gasteiger partial charge in [-0.1, -0.05) is 6.07 Å². The molecule has 2 aliphatic heterocycles. The van der Waals surface area contributed by atoms with E-state index in [1.54, 1.807) is 17.9 Å². The highest BCUT2D eigenvalue weighted by molar-refractivity contribution is 5.64. The van der Waals surface area contributed by atoms with E-state index in [4.69, 9.17) is 18.9 Å². The number of hydrogen-bond acceptors (Lipinski definition) is 11. The number of rotatable bonds is 7. The van der Waals surface area contributed by atoms with E-state index in [9.17, 15) is 14.9 Å². The number of morpholine rings is 1. The number of benzene rings is 1. The summed E-state index contributed by atoms with van der Waals surface area (Å²) in [6, 6.07) is 7.35. The molecule has 1 aromatic carbocycles. The third kappa shape index (κ3) is 5.63. The first-order valence-corrected chi connectivity index (χ1v) is 11.2. The van der Waals surface area contributed by atoms with Crippen molar-refractivity contribution >= 4 is 23.3 Å². The second-order valence-corrected chi connectivity index (χ2v) is 7.79. The molecule has 0 bridgehead atoms. The Labute approximate surface area is 196 Å². The van der Waals surface area contributed by atoms with Crippen LogP contribution in [0.3, 0.4) is 0 Å². The van der Waals surface area contributed by atoms with Crippen molar-refractivity contribution in [3.8, 4) is 11.6 Å². The van der Waals surface area contributed by atoms with Crippen molar-refractivity contribution in [3.63, 3.8) is 0 Å². The summed E-state index contributed by atoms with van der Waals surface area (Å²) in [4.78, 5) is 35.2. The number of nitro groups is 1. The number of carbonyl (C=O) groups is 1. The fourth-order valence-corrected chi connectivity index (χ4v) is 3.97. The number of nitrogens with zero attached hydrogens (tertiary/aromatic N) is 5. The fourth-order valence-electron chi connectivity index (χ4n) is 3.97. The molecule has 0 unspecified atom stereocenters. The van der Waals surface area contributed by atoms with Crippen LogP contribution in [-0.4, -0.2) is 73.2 Å². The predicted octanol–water partition coefficient (Wildman–Crippen LogP) is 3.16. The van der Waals surface area contributed by atoms with Crippen molar-refractivity contribution in [2.24, 2.45) is 0 Å². The zero-order valence-corrected chi connectivity index (χ0v) is 18.9. The maximum Gasteiger partial charge on any atom is 0.508 e. The van der Waals surface area contributed by atoms with Gasteiger partial charge in [-0.2, -0.15) is 4.98 Å². The van der Waals surface area contributed by atoms with Crippen molar-refractivity contribution in [1.29, 1.82) is 0 Å². The first-order valence-electron chi connectivity index (χ1n) is 11.2. The second-order valence-electron chi connectivity index (χ2n) is 7.79. The maximum absolute atomic E-state index is 12.0. The van der Waals surface area contributed by atoms with Gasteiger partial charge in [-0.3, -0.25) is 10.1 Å².